The topological polar surface area (TPSA) is 95.7 Å². The van der Waals surface area contributed by atoms with Gasteiger partial charge in [0.25, 0.3) is 0 Å². The van der Waals surface area contributed by atoms with Crippen molar-refractivity contribution in [3.8, 4) is 0 Å². The third-order valence-corrected chi connectivity index (χ3v) is 2.69. The van der Waals surface area contributed by atoms with Crippen LogP contribution in [0.5, 0.6) is 0 Å². The third kappa shape index (κ3) is 4.56. The van der Waals surface area contributed by atoms with Crippen LogP contribution in [0.2, 0.25) is 0 Å². The summed E-state index contributed by atoms with van der Waals surface area (Å²) in [5, 5.41) is 11.5. The summed E-state index contributed by atoms with van der Waals surface area (Å²) >= 11 is 0. The minimum Gasteiger partial charge on any atom is -0.480 e. The molecule has 0 fully saturated rings. The molecule has 0 aromatic carbocycles. The standard InChI is InChI=1S/C13H21N3O4/c1-5-9-6-14-10(20-9)7-15-12(19)16(8-11(17)18)13(2,3)4/h6H,5,7-8H2,1-4H3,(H,15,19)(H,17,18). The van der Waals surface area contributed by atoms with Gasteiger partial charge in [0.2, 0.25) is 5.89 Å². The van der Waals surface area contributed by atoms with Crippen molar-refractivity contribution in [1.29, 1.82) is 0 Å². The molecule has 20 heavy (non-hydrogen) atoms. The Morgan fingerprint density at radius 2 is 2.10 bits per heavy atom. The van der Waals surface area contributed by atoms with Gasteiger partial charge in [-0.05, 0) is 20.8 Å². The molecule has 0 spiro atoms. The van der Waals surface area contributed by atoms with Crippen molar-refractivity contribution in [2.24, 2.45) is 0 Å². The number of oxazole rings is 1. The highest BCUT2D eigenvalue weighted by Crippen LogP contribution is 2.13. The van der Waals surface area contributed by atoms with Crippen LogP contribution in [0, 0.1) is 0 Å². The lowest BCUT2D eigenvalue weighted by atomic mass is 10.1. The van der Waals surface area contributed by atoms with Gasteiger partial charge in [-0.15, -0.1) is 0 Å². The molecule has 0 unspecified atom stereocenters. The predicted octanol–water partition coefficient (Wildman–Crippen LogP) is 1.63. The van der Waals surface area contributed by atoms with Gasteiger partial charge in [0.05, 0.1) is 12.7 Å². The molecule has 0 aliphatic rings. The summed E-state index contributed by atoms with van der Waals surface area (Å²) < 4.78 is 5.37. The van der Waals surface area contributed by atoms with Gasteiger partial charge in [-0.25, -0.2) is 9.78 Å². The lowest BCUT2D eigenvalue weighted by Gasteiger charge is -2.34. The van der Waals surface area contributed by atoms with Gasteiger partial charge in [-0.3, -0.25) is 4.79 Å². The van der Waals surface area contributed by atoms with Crippen LogP contribution in [-0.4, -0.2) is 39.1 Å². The second-order valence-corrected chi connectivity index (χ2v) is 5.38. The lowest BCUT2D eigenvalue weighted by Crippen LogP contribution is -2.52. The van der Waals surface area contributed by atoms with Crippen LogP contribution in [0.3, 0.4) is 0 Å². The number of carboxylic acid groups (broad SMARTS) is 1. The van der Waals surface area contributed by atoms with Gasteiger partial charge in [-0.1, -0.05) is 6.92 Å². The number of aromatic nitrogens is 1. The number of hydrogen-bond donors (Lipinski definition) is 2. The number of nitrogens with zero attached hydrogens (tertiary/aromatic N) is 2. The van der Waals surface area contributed by atoms with Crippen molar-refractivity contribution >= 4 is 12.0 Å². The highest BCUT2D eigenvalue weighted by Gasteiger charge is 2.28. The minimum atomic E-state index is -1.06. The lowest BCUT2D eigenvalue weighted by molar-refractivity contribution is -0.138. The van der Waals surface area contributed by atoms with Gasteiger partial charge in [0.1, 0.15) is 12.3 Å². The van der Waals surface area contributed by atoms with Gasteiger partial charge in [0.15, 0.2) is 0 Å². The number of carbonyl (C=O) groups excluding carboxylic acids is 1. The summed E-state index contributed by atoms with van der Waals surface area (Å²) in [5.41, 5.74) is -0.590. The van der Waals surface area contributed by atoms with Crippen LogP contribution in [0.15, 0.2) is 10.6 Å². The molecule has 1 rings (SSSR count). The minimum absolute atomic E-state index is 0.130. The van der Waals surface area contributed by atoms with Gasteiger partial charge >= 0.3 is 12.0 Å². The van der Waals surface area contributed by atoms with Crippen molar-refractivity contribution in [3.05, 3.63) is 17.8 Å². The van der Waals surface area contributed by atoms with Crippen LogP contribution < -0.4 is 5.32 Å². The number of aliphatic carboxylic acids is 1. The summed E-state index contributed by atoms with van der Waals surface area (Å²) in [4.78, 5) is 28.2. The fourth-order valence-corrected chi connectivity index (χ4v) is 1.59. The van der Waals surface area contributed by atoms with Crippen molar-refractivity contribution in [2.45, 2.75) is 46.2 Å². The molecule has 0 radical (unpaired) electrons. The fraction of sp³-hybridized carbons (Fsp3) is 0.615. The van der Waals surface area contributed by atoms with E-state index in [2.05, 4.69) is 10.3 Å². The van der Waals surface area contributed by atoms with Gasteiger partial charge in [-0.2, -0.15) is 0 Å². The Labute approximate surface area is 118 Å². The molecule has 0 bridgehead atoms. The molecule has 0 aliphatic heterocycles. The molecular weight excluding hydrogens is 262 g/mol. The quantitative estimate of drug-likeness (QED) is 0.856. The molecule has 0 atom stereocenters. The Balaban J connectivity index is 2.64. The zero-order valence-electron chi connectivity index (χ0n) is 12.3. The van der Waals surface area contributed by atoms with Crippen LogP contribution in [-0.2, 0) is 17.8 Å². The smallest absolute Gasteiger partial charge is 0.323 e. The first-order valence-corrected chi connectivity index (χ1v) is 6.45. The second-order valence-electron chi connectivity index (χ2n) is 5.38. The average Bonchev–Trinajstić information content (AvgIpc) is 2.79. The summed E-state index contributed by atoms with van der Waals surface area (Å²) in [7, 11) is 0. The van der Waals surface area contributed by atoms with Gasteiger partial charge < -0.3 is 19.7 Å². The fourth-order valence-electron chi connectivity index (χ4n) is 1.59. The van der Waals surface area contributed by atoms with Gasteiger partial charge in [0, 0.05) is 12.0 Å². The van der Waals surface area contributed by atoms with E-state index >= 15 is 0 Å². The maximum absolute atomic E-state index is 12.1. The molecule has 7 nitrogen and oxygen atoms in total. The predicted molar refractivity (Wildman–Crippen MR) is 72.2 cm³/mol. The molecular formula is C13H21N3O4. The van der Waals surface area contributed by atoms with Crippen molar-refractivity contribution < 1.29 is 19.1 Å². The molecule has 0 aliphatic carbocycles. The van der Waals surface area contributed by atoms with E-state index in [9.17, 15) is 9.59 Å². The summed E-state index contributed by atoms with van der Waals surface area (Å²) in [5.74, 6) is 0.0892. The Morgan fingerprint density at radius 3 is 2.55 bits per heavy atom. The summed E-state index contributed by atoms with van der Waals surface area (Å²) in [6, 6.07) is -0.462. The van der Waals surface area contributed by atoms with E-state index < -0.39 is 17.5 Å². The maximum Gasteiger partial charge on any atom is 0.323 e. The van der Waals surface area contributed by atoms with Crippen LogP contribution in [0.25, 0.3) is 0 Å². The molecule has 2 amide bonds. The molecule has 2 N–H and O–H groups in total. The first-order chi connectivity index (χ1) is 9.24. The van der Waals surface area contributed by atoms with Crippen LogP contribution >= 0.6 is 0 Å². The number of rotatable bonds is 5. The van der Waals surface area contributed by atoms with E-state index in [0.717, 1.165) is 12.2 Å². The first kappa shape index (κ1) is 16.0. The van der Waals surface area contributed by atoms with E-state index in [1.807, 2.05) is 6.92 Å². The molecule has 112 valence electrons. The molecule has 0 saturated heterocycles. The van der Waals surface area contributed by atoms with E-state index in [4.69, 9.17) is 9.52 Å². The molecule has 1 aromatic rings. The van der Waals surface area contributed by atoms with Crippen LogP contribution in [0.4, 0.5) is 4.79 Å². The van der Waals surface area contributed by atoms with Crippen molar-refractivity contribution in [2.75, 3.05) is 6.54 Å². The third-order valence-electron chi connectivity index (χ3n) is 2.69. The van der Waals surface area contributed by atoms with Crippen LogP contribution in [0.1, 0.15) is 39.3 Å². The highest BCUT2D eigenvalue weighted by atomic mass is 16.4. The van der Waals surface area contributed by atoms with Crippen molar-refractivity contribution in [3.63, 3.8) is 0 Å². The number of amides is 2. The van der Waals surface area contributed by atoms with E-state index in [0.29, 0.717) is 5.89 Å². The Bertz CT molecular complexity index is 476. The SMILES string of the molecule is CCc1cnc(CNC(=O)N(CC(=O)O)C(C)(C)C)o1. The first-order valence-electron chi connectivity index (χ1n) is 6.45. The average molecular weight is 283 g/mol. The maximum atomic E-state index is 12.1. The zero-order valence-corrected chi connectivity index (χ0v) is 12.3. The monoisotopic (exact) mass is 283 g/mol. The van der Waals surface area contributed by atoms with E-state index in [1.165, 1.54) is 4.90 Å². The molecule has 7 heteroatoms. The highest BCUT2D eigenvalue weighted by molar-refractivity contribution is 5.80. The Hall–Kier alpha value is -2.05. The Kier molecular flexibility index (Phi) is 5.12. The number of nitrogens with one attached hydrogen (secondary N) is 1. The molecule has 0 saturated carbocycles. The second kappa shape index (κ2) is 6.40. The number of carbonyl (C=O) groups is 2. The summed E-state index contributed by atoms with van der Waals surface area (Å²) in [6.07, 6.45) is 2.34. The number of aryl methyl sites for hydroxylation is 1. The Morgan fingerprint density at radius 1 is 1.45 bits per heavy atom. The molecule has 1 aromatic heterocycles. The number of urea groups is 1. The number of hydrogen-bond acceptors (Lipinski definition) is 4. The normalized spacial score (nSPS) is 11.2. The largest absolute Gasteiger partial charge is 0.480 e. The molecule has 1 heterocycles. The zero-order chi connectivity index (χ0) is 15.3. The van der Waals surface area contributed by atoms with E-state index in [1.54, 1.807) is 27.0 Å². The van der Waals surface area contributed by atoms with E-state index in [-0.39, 0.29) is 13.1 Å². The van der Waals surface area contributed by atoms with Crippen molar-refractivity contribution in [1.82, 2.24) is 15.2 Å². The summed E-state index contributed by atoms with van der Waals surface area (Å²) in [6.45, 7) is 7.03. The number of carboxylic acids is 1.